The van der Waals surface area contributed by atoms with Crippen LogP contribution in [0.5, 0.6) is 0 Å². The first-order chi connectivity index (χ1) is 12.1. The number of benzene rings is 1. The van der Waals surface area contributed by atoms with Crippen molar-refractivity contribution < 1.29 is 22.7 Å². The molecule has 132 valence electrons. The molecule has 1 aromatic heterocycles. The Morgan fingerprint density at radius 2 is 1.84 bits per heavy atom. The van der Waals surface area contributed by atoms with E-state index in [-0.39, 0.29) is 17.1 Å². The number of aromatic nitrogens is 1. The van der Waals surface area contributed by atoms with Crippen molar-refractivity contribution in [2.45, 2.75) is 11.5 Å². The maximum Gasteiger partial charge on any atom is 0.338 e. The molecule has 3 rings (SSSR count). The number of ether oxygens (including phenoxy) is 2. The molecule has 0 unspecified atom stereocenters. The lowest BCUT2D eigenvalue weighted by Gasteiger charge is -2.26. The van der Waals surface area contributed by atoms with Crippen molar-refractivity contribution in [2.75, 3.05) is 26.3 Å². The fourth-order valence-corrected chi connectivity index (χ4v) is 3.81. The van der Waals surface area contributed by atoms with Gasteiger partial charge in [-0.05, 0) is 36.4 Å². The number of hydrogen-bond donors (Lipinski definition) is 0. The van der Waals surface area contributed by atoms with Crippen molar-refractivity contribution in [1.82, 2.24) is 9.29 Å². The van der Waals surface area contributed by atoms with E-state index < -0.39 is 16.0 Å². The van der Waals surface area contributed by atoms with E-state index in [1.54, 1.807) is 18.3 Å². The van der Waals surface area contributed by atoms with E-state index in [1.165, 1.54) is 28.6 Å². The molecule has 0 bridgehead atoms. The van der Waals surface area contributed by atoms with E-state index in [2.05, 4.69) is 4.98 Å². The number of hydrogen-bond acceptors (Lipinski definition) is 6. The first-order valence-corrected chi connectivity index (χ1v) is 9.26. The zero-order chi connectivity index (χ0) is 17.7. The Hall–Kier alpha value is -2.29. The lowest BCUT2D eigenvalue weighted by Crippen LogP contribution is -2.40. The standard InChI is InChI=1S/C17H18N2O5S/c20-17(24-13-15-3-1-2-8-18-15)14-4-6-16(7-5-14)25(21,22)19-9-11-23-12-10-19/h1-8H,9-13H2. The molecule has 1 fully saturated rings. The van der Waals surface area contributed by atoms with Gasteiger partial charge in [0.05, 0.1) is 29.4 Å². The number of nitrogens with zero attached hydrogens (tertiary/aromatic N) is 2. The molecule has 8 heteroatoms. The van der Waals surface area contributed by atoms with E-state index in [0.29, 0.717) is 32.0 Å². The summed E-state index contributed by atoms with van der Waals surface area (Å²) in [7, 11) is -3.57. The molecule has 1 saturated heterocycles. The van der Waals surface area contributed by atoms with Gasteiger partial charge in [-0.1, -0.05) is 6.07 Å². The summed E-state index contributed by atoms with van der Waals surface area (Å²) in [5.74, 6) is -0.527. The third kappa shape index (κ3) is 4.22. The van der Waals surface area contributed by atoms with Gasteiger partial charge in [0, 0.05) is 19.3 Å². The Balaban J connectivity index is 1.66. The van der Waals surface area contributed by atoms with Crippen molar-refractivity contribution >= 4 is 16.0 Å². The summed E-state index contributed by atoms with van der Waals surface area (Å²) in [5, 5.41) is 0. The number of carbonyl (C=O) groups excluding carboxylic acids is 1. The Bertz CT molecular complexity index is 816. The summed E-state index contributed by atoms with van der Waals surface area (Å²) >= 11 is 0. The van der Waals surface area contributed by atoms with Crippen molar-refractivity contribution in [3.8, 4) is 0 Å². The molecular formula is C17H18N2O5S. The van der Waals surface area contributed by atoms with Crippen LogP contribution in [0.15, 0.2) is 53.6 Å². The summed E-state index contributed by atoms with van der Waals surface area (Å²) < 4.78 is 36.8. The van der Waals surface area contributed by atoms with Gasteiger partial charge in [0.25, 0.3) is 0 Å². The molecule has 0 spiro atoms. The highest BCUT2D eigenvalue weighted by Gasteiger charge is 2.26. The lowest BCUT2D eigenvalue weighted by atomic mass is 10.2. The number of morpholine rings is 1. The zero-order valence-corrected chi connectivity index (χ0v) is 14.3. The van der Waals surface area contributed by atoms with Crippen LogP contribution in [-0.4, -0.2) is 50.0 Å². The summed E-state index contributed by atoms with van der Waals surface area (Å²) in [6.07, 6.45) is 1.62. The number of carbonyl (C=O) groups is 1. The topological polar surface area (TPSA) is 85.8 Å². The van der Waals surface area contributed by atoms with Gasteiger partial charge in [0.15, 0.2) is 0 Å². The van der Waals surface area contributed by atoms with Crippen molar-refractivity contribution in [1.29, 1.82) is 0 Å². The number of sulfonamides is 1. The van der Waals surface area contributed by atoms with Gasteiger partial charge in [0.2, 0.25) is 10.0 Å². The first-order valence-electron chi connectivity index (χ1n) is 7.82. The third-order valence-corrected chi connectivity index (χ3v) is 5.69. The zero-order valence-electron chi connectivity index (χ0n) is 13.5. The fourth-order valence-electron chi connectivity index (χ4n) is 2.41. The molecule has 0 N–H and O–H groups in total. The molecule has 0 amide bonds. The maximum absolute atomic E-state index is 12.5. The molecule has 7 nitrogen and oxygen atoms in total. The van der Waals surface area contributed by atoms with Crippen LogP contribution < -0.4 is 0 Å². The summed E-state index contributed by atoms with van der Waals surface area (Å²) in [5.41, 5.74) is 0.930. The molecule has 0 atom stereocenters. The van der Waals surface area contributed by atoms with E-state index in [4.69, 9.17) is 9.47 Å². The Morgan fingerprint density at radius 3 is 2.48 bits per heavy atom. The van der Waals surface area contributed by atoms with Crippen LogP contribution in [0.1, 0.15) is 16.1 Å². The summed E-state index contributed by atoms with van der Waals surface area (Å²) in [4.78, 5) is 16.3. The average Bonchev–Trinajstić information content (AvgIpc) is 2.68. The van der Waals surface area contributed by atoms with Crippen LogP contribution in [0, 0.1) is 0 Å². The minimum atomic E-state index is -3.57. The molecule has 1 aliphatic rings. The first kappa shape index (κ1) is 17.5. The van der Waals surface area contributed by atoms with Gasteiger partial charge in [0.1, 0.15) is 6.61 Å². The molecule has 1 aromatic carbocycles. The SMILES string of the molecule is O=C(OCc1ccccn1)c1ccc(S(=O)(=O)N2CCOCC2)cc1. The molecule has 0 aliphatic carbocycles. The molecule has 0 radical (unpaired) electrons. The highest BCUT2D eigenvalue weighted by molar-refractivity contribution is 7.89. The van der Waals surface area contributed by atoms with Gasteiger partial charge in [-0.2, -0.15) is 4.31 Å². The minimum absolute atomic E-state index is 0.0630. The second kappa shape index (κ2) is 7.73. The van der Waals surface area contributed by atoms with Crippen LogP contribution in [-0.2, 0) is 26.1 Å². The number of rotatable bonds is 5. The Morgan fingerprint density at radius 1 is 1.12 bits per heavy atom. The highest BCUT2D eigenvalue weighted by Crippen LogP contribution is 2.18. The maximum atomic E-state index is 12.5. The van der Waals surface area contributed by atoms with Crippen LogP contribution in [0.4, 0.5) is 0 Å². The predicted octanol–water partition coefficient (Wildman–Crippen LogP) is 1.46. The second-order valence-corrected chi connectivity index (χ2v) is 7.38. The molecular weight excluding hydrogens is 344 g/mol. The minimum Gasteiger partial charge on any atom is -0.456 e. The van der Waals surface area contributed by atoms with Crippen LogP contribution in [0.2, 0.25) is 0 Å². The van der Waals surface area contributed by atoms with E-state index in [9.17, 15) is 13.2 Å². The predicted molar refractivity (Wildman–Crippen MR) is 89.4 cm³/mol. The molecule has 2 heterocycles. The van der Waals surface area contributed by atoms with E-state index in [1.807, 2.05) is 6.07 Å². The van der Waals surface area contributed by atoms with Gasteiger partial charge >= 0.3 is 5.97 Å². The highest BCUT2D eigenvalue weighted by atomic mass is 32.2. The van der Waals surface area contributed by atoms with Crippen LogP contribution in [0.25, 0.3) is 0 Å². The lowest BCUT2D eigenvalue weighted by molar-refractivity contribution is 0.0467. The Labute approximate surface area is 146 Å². The van der Waals surface area contributed by atoms with E-state index in [0.717, 1.165) is 0 Å². The quantitative estimate of drug-likeness (QED) is 0.749. The smallest absolute Gasteiger partial charge is 0.338 e. The van der Waals surface area contributed by atoms with Crippen LogP contribution >= 0.6 is 0 Å². The largest absolute Gasteiger partial charge is 0.456 e. The molecule has 1 aliphatic heterocycles. The van der Waals surface area contributed by atoms with Crippen molar-refractivity contribution in [2.24, 2.45) is 0 Å². The van der Waals surface area contributed by atoms with Gasteiger partial charge in [-0.3, -0.25) is 4.98 Å². The molecule has 25 heavy (non-hydrogen) atoms. The second-order valence-electron chi connectivity index (χ2n) is 5.44. The Kier molecular flexibility index (Phi) is 5.42. The van der Waals surface area contributed by atoms with Crippen molar-refractivity contribution in [3.05, 3.63) is 59.9 Å². The third-order valence-electron chi connectivity index (χ3n) is 3.78. The monoisotopic (exact) mass is 362 g/mol. The summed E-state index contributed by atoms with van der Waals surface area (Å²) in [6.45, 7) is 1.49. The number of pyridine rings is 1. The van der Waals surface area contributed by atoms with Gasteiger partial charge < -0.3 is 9.47 Å². The van der Waals surface area contributed by atoms with Gasteiger partial charge in [-0.25, -0.2) is 13.2 Å². The van der Waals surface area contributed by atoms with E-state index >= 15 is 0 Å². The normalized spacial score (nSPS) is 15.7. The van der Waals surface area contributed by atoms with Gasteiger partial charge in [-0.15, -0.1) is 0 Å². The van der Waals surface area contributed by atoms with Crippen LogP contribution in [0.3, 0.4) is 0 Å². The summed E-state index contributed by atoms with van der Waals surface area (Å²) in [6, 6.07) is 11.1. The van der Waals surface area contributed by atoms with Crippen molar-refractivity contribution in [3.63, 3.8) is 0 Å². The average molecular weight is 362 g/mol. The fraction of sp³-hybridized carbons (Fsp3) is 0.294. The molecule has 0 saturated carbocycles. The number of esters is 1. The molecule has 2 aromatic rings.